The van der Waals surface area contributed by atoms with Gasteiger partial charge in [0.2, 0.25) is 0 Å². The minimum absolute atomic E-state index is 0.309. The molecule has 5 heteroatoms. The zero-order chi connectivity index (χ0) is 12.6. The first-order valence-electron chi connectivity index (χ1n) is 5.37. The molecule has 1 atom stereocenters. The van der Waals surface area contributed by atoms with Gasteiger partial charge in [-0.3, -0.25) is 9.69 Å². The maximum absolute atomic E-state index is 12.9. The molecule has 2 rings (SSSR count). The van der Waals surface area contributed by atoms with Crippen LogP contribution in [0.5, 0.6) is 0 Å². The van der Waals surface area contributed by atoms with Crippen molar-refractivity contribution < 1.29 is 14.0 Å². The van der Waals surface area contributed by atoms with Gasteiger partial charge >= 0.3 is 6.03 Å². The van der Waals surface area contributed by atoms with E-state index in [1.807, 2.05) is 0 Å². The van der Waals surface area contributed by atoms with E-state index in [9.17, 15) is 14.0 Å². The van der Waals surface area contributed by atoms with Crippen LogP contribution in [0, 0.1) is 5.82 Å². The van der Waals surface area contributed by atoms with E-state index in [2.05, 4.69) is 5.32 Å². The maximum Gasteiger partial charge on any atom is 0.325 e. The standard InChI is InChI=1S/C12H13FN2O2/c1-3-12(8-4-6-9(13)7-5-8)10(16)15(2)11(17)14-12/h4-7H,3H2,1-2H3,(H,14,17). The highest BCUT2D eigenvalue weighted by molar-refractivity contribution is 6.07. The lowest BCUT2D eigenvalue weighted by Crippen LogP contribution is -2.43. The normalized spacial score (nSPS) is 24.1. The fourth-order valence-corrected chi connectivity index (χ4v) is 2.07. The maximum atomic E-state index is 12.9. The van der Waals surface area contributed by atoms with E-state index < -0.39 is 11.6 Å². The molecular weight excluding hydrogens is 223 g/mol. The lowest BCUT2D eigenvalue weighted by atomic mass is 9.87. The van der Waals surface area contributed by atoms with Gasteiger partial charge < -0.3 is 5.32 Å². The van der Waals surface area contributed by atoms with Gasteiger partial charge in [-0.15, -0.1) is 0 Å². The van der Waals surface area contributed by atoms with Crippen LogP contribution in [0.3, 0.4) is 0 Å². The number of benzene rings is 1. The lowest BCUT2D eigenvalue weighted by Gasteiger charge is -2.25. The van der Waals surface area contributed by atoms with Crippen molar-refractivity contribution in [3.05, 3.63) is 35.6 Å². The Kier molecular flexibility index (Phi) is 2.61. The molecule has 0 radical (unpaired) electrons. The second-order valence-corrected chi connectivity index (χ2v) is 4.06. The highest BCUT2D eigenvalue weighted by Gasteiger charge is 2.49. The van der Waals surface area contributed by atoms with Crippen molar-refractivity contribution in [2.24, 2.45) is 0 Å². The third-order valence-electron chi connectivity index (χ3n) is 3.16. The average Bonchev–Trinajstić information content (AvgIpc) is 2.55. The SMILES string of the molecule is CCC1(c2ccc(F)cc2)NC(=O)N(C)C1=O. The van der Waals surface area contributed by atoms with Crippen molar-refractivity contribution in [2.75, 3.05) is 7.05 Å². The molecule has 0 spiro atoms. The average molecular weight is 236 g/mol. The summed E-state index contributed by atoms with van der Waals surface area (Å²) in [7, 11) is 1.43. The summed E-state index contributed by atoms with van der Waals surface area (Å²) in [5.41, 5.74) is -0.455. The van der Waals surface area contributed by atoms with Crippen LogP contribution in [0.15, 0.2) is 24.3 Å². The minimum Gasteiger partial charge on any atom is -0.319 e. The second kappa shape index (κ2) is 3.84. The monoisotopic (exact) mass is 236 g/mol. The zero-order valence-corrected chi connectivity index (χ0v) is 9.66. The zero-order valence-electron chi connectivity index (χ0n) is 9.66. The summed E-state index contributed by atoms with van der Waals surface area (Å²) in [6, 6.07) is 5.18. The predicted molar refractivity (Wildman–Crippen MR) is 59.7 cm³/mol. The Bertz CT molecular complexity index is 472. The van der Waals surface area contributed by atoms with Crippen LogP contribution >= 0.6 is 0 Å². The number of nitrogens with zero attached hydrogens (tertiary/aromatic N) is 1. The fourth-order valence-electron chi connectivity index (χ4n) is 2.07. The summed E-state index contributed by atoms with van der Waals surface area (Å²) in [4.78, 5) is 24.7. The Labute approximate surface area is 98.4 Å². The first-order chi connectivity index (χ1) is 8.01. The van der Waals surface area contributed by atoms with Crippen LogP contribution in [-0.4, -0.2) is 23.9 Å². The lowest BCUT2D eigenvalue weighted by molar-refractivity contribution is -0.130. The van der Waals surface area contributed by atoms with Crippen LogP contribution < -0.4 is 5.32 Å². The molecule has 90 valence electrons. The Morgan fingerprint density at radius 1 is 1.29 bits per heavy atom. The van der Waals surface area contributed by atoms with Crippen LogP contribution in [0.25, 0.3) is 0 Å². The van der Waals surface area contributed by atoms with Crippen LogP contribution in [-0.2, 0) is 10.3 Å². The molecule has 1 saturated heterocycles. The number of rotatable bonds is 2. The molecule has 1 aromatic rings. The number of carbonyl (C=O) groups is 2. The molecule has 0 bridgehead atoms. The number of urea groups is 1. The van der Waals surface area contributed by atoms with Crippen molar-refractivity contribution in [1.29, 1.82) is 0 Å². The number of amides is 3. The number of hydrogen-bond donors (Lipinski definition) is 1. The van der Waals surface area contributed by atoms with Crippen LogP contribution in [0.4, 0.5) is 9.18 Å². The third kappa shape index (κ3) is 1.58. The second-order valence-electron chi connectivity index (χ2n) is 4.06. The highest BCUT2D eigenvalue weighted by atomic mass is 19.1. The van der Waals surface area contributed by atoms with Crippen molar-refractivity contribution in [3.8, 4) is 0 Å². The van der Waals surface area contributed by atoms with Gasteiger partial charge in [0.05, 0.1) is 0 Å². The molecule has 1 aliphatic heterocycles. The van der Waals surface area contributed by atoms with Gasteiger partial charge in [0.25, 0.3) is 5.91 Å². The van der Waals surface area contributed by atoms with Gasteiger partial charge in [0, 0.05) is 7.05 Å². The van der Waals surface area contributed by atoms with Gasteiger partial charge in [0.1, 0.15) is 11.4 Å². The summed E-state index contributed by atoms with van der Waals surface area (Å²) in [5.74, 6) is -0.679. The quantitative estimate of drug-likeness (QED) is 0.793. The van der Waals surface area contributed by atoms with Crippen LogP contribution in [0.2, 0.25) is 0 Å². The minimum atomic E-state index is -1.06. The molecule has 1 N–H and O–H groups in total. The topological polar surface area (TPSA) is 49.4 Å². The largest absolute Gasteiger partial charge is 0.325 e. The molecular formula is C12H13FN2O2. The molecule has 1 unspecified atom stereocenters. The van der Waals surface area contributed by atoms with Crippen molar-refractivity contribution in [3.63, 3.8) is 0 Å². The van der Waals surface area contributed by atoms with Crippen LogP contribution in [0.1, 0.15) is 18.9 Å². The molecule has 1 heterocycles. The summed E-state index contributed by atoms with van der Waals surface area (Å²) in [6.45, 7) is 1.81. The molecule has 3 amide bonds. The van der Waals surface area contributed by atoms with E-state index in [0.717, 1.165) is 4.90 Å². The van der Waals surface area contributed by atoms with Gasteiger partial charge in [0.15, 0.2) is 0 Å². The van der Waals surface area contributed by atoms with Crippen molar-refractivity contribution >= 4 is 11.9 Å². The predicted octanol–water partition coefficient (Wildman–Crippen LogP) is 1.61. The third-order valence-corrected chi connectivity index (χ3v) is 3.16. The molecule has 17 heavy (non-hydrogen) atoms. The number of carbonyl (C=O) groups excluding carboxylic acids is 2. The fraction of sp³-hybridized carbons (Fsp3) is 0.333. The van der Waals surface area contributed by atoms with Gasteiger partial charge in [-0.1, -0.05) is 19.1 Å². The van der Waals surface area contributed by atoms with Gasteiger partial charge in [-0.2, -0.15) is 0 Å². The van der Waals surface area contributed by atoms with Gasteiger partial charge in [-0.25, -0.2) is 9.18 Å². The summed E-state index contributed by atoms with van der Waals surface area (Å²) >= 11 is 0. The molecule has 1 fully saturated rings. The molecule has 4 nitrogen and oxygen atoms in total. The Morgan fingerprint density at radius 2 is 1.88 bits per heavy atom. The first-order valence-corrected chi connectivity index (χ1v) is 5.37. The number of nitrogens with one attached hydrogen (secondary N) is 1. The van der Waals surface area contributed by atoms with E-state index in [1.54, 1.807) is 6.92 Å². The van der Waals surface area contributed by atoms with Crippen molar-refractivity contribution in [1.82, 2.24) is 10.2 Å². The molecule has 0 aliphatic carbocycles. The summed E-state index contributed by atoms with van der Waals surface area (Å²) in [5, 5.41) is 2.67. The first kappa shape index (κ1) is 11.6. The Hall–Kier alpha value is -1.91. The van der Waals surface area contributed by atoms with E-state index >= 15 is 0 Å². The van der Waals surface area contributed by atoms with E-state index in [-0.39, 0.29) is 11.7 Å². The summed E-state index contributed by atoms with van der Waals surface area (Å²) in [6.07, 6.45) is 0.424. The van der Waals surface area contributed by atoms with E-state index in [0.29, 0.717) is 12.0 Å². The smallest absolute Gasteiger partial charge is 0.319 e. The molecule has 0 aromatic heterocycles. The van der Waals surface area contributed by atoms with Gasteiger partial charge in [-0.05, 0) is 24.1 Å². The highest BCUT2D eigenvalue weighted by Crippen LogP contribution is 2.31. The Balaban J connectivity index is 2.49. The molecule has 1 aromatic carbocycles. The van der Waals surface area contributed by atoms with Crippen molar-refractivity contribution in [2.45, 2.75) is 18.9 Å². The Morgan fingerprint density at radius 3 is 2.29 bits per heavy atom. The van der Waals surface area contributed by atoms with E-state index in [4.69, 9.17) is 0 Å². The molecule has 0 saturated carbocycles. The number of imide groups is 1. The number of hydrogen-bond acceptors (Lipinski definition) is 2. The van der Waals surface area contributed by atoms with E-state index in [1.165, 1.54) is 31.3 Å². The summed E-state index contributed by atoms with van der Waals surface area (Å²) < 4.78 is 12.9. The number of halogens is 1. The molecule has 1 aliphatic rings. The number of likely N-dealkylation sites (N-methyl/N-ethyl adjacent to an activating group) is 1.